The van der Waals surface area contributed by atoms with Gasteiger partial charge in [-0.05, 0) is 50.7 Å². The first-order chi connectivity index (χ1) is 8.06. The van der Waals surface area contributed by atoms with Crippen LogP contribution in [0.2, 0.25) is 0 Å². The Balaban J connectivity index is 3.75. The summed E-state index contributed by atoms with van der Waals surface area (Å²) in [5.41, 5.74) is 0. The lowest BCUT2D eigenvalue weighted by Crippen LogP contribution is -2.28. The van der Waals surface area contributed by atoms with E-state index in [1.165, 1.54) is 58.2 Å². The van der Waals surface area contributed by atoms with Crippen molar-refractivity contribution >= 4 is 0 Å². The fourth-order valence-corrected chi connectivity index (χ4v) is 1.98. The molecule has 0 saturated heterocycles. The van der Waals surface area contributed by atoms with Gasteiger partial charge in [0.15, 0.2) is 0 Å². The highest BCUT2D eigenvalue weighted by Crippen LogP contribution is 2.08. The van der Waals surface area contributed by atoms with Gasteiger partial charge in [0.1, 0.15) is 0 Å². The third-order valence-electron chi connectivity index (χ3n) is 3.37. The molecular weight excluding hydrogens is 206 g/mol. The van der Waals surface area contributed by atoms with Crippen LogP contribution in [0, 0.1) is 11.8 Å². The van der Waals surface area contributed by atoms with E-state index in [2.05, 4.69) is 39.5 Å². The molecule has 0 fully saturated rings. The van der Waals surface area contributed by atoms with E-state index in [-0.39, 0.29) is 0 Å². The SMILES string of the molecule is CCCCCCN(CCC(C)C)CCC(C)C. The smallest absolute Gasteiger partial charge is 0.00163 e. The van der Waals surface area contributed by atoms with Gasteiger partial charge in [0.05, 0.1) is 0 Å². The molecule has 0 radical (unpaired) electrons. The highest BCUT2D eigenvalue weighted by Gasteiger charge is 2.06. The van der Waals surface area contributed by atoms with Crippen LogP contribution in [0.3, 0.4) is 0 Å². The summed E-state index contributed by atoms with van der Waals surface area (Å²) in [6.07, 6.45) is 8.26. The zero-order valence-electron chi connectivity index (χ0n) is 13.0. The number of hydrogen-bond donors (Lipinski definition) is 0. The average Bonchev–Trinajstić information content (AvgIpc) is 2.26. The van der Waals surface area contributed by atoms with Crippen LogP contribution < -0.4 is 0 Å². The summed E-state index contributed by atoms with van der Waals surface area (Å²) >= 11 is 0. The van der Waals surface area contributed by atoms with E-state index < -0.39 is 0 Å². The van der Waals surface area contributed by atoms with E-state index in [9.17, 15) is 0 Å². The minimum atomic E-state index is 0.840. The quantitative estimate of drug-likeness (QED) is 0.462. The zero-order chi connectivity index (χ0) is 13.1. The Bertz CT molecular complexity index is 140. The molecule has 0 aromatic carbocycles. The second kappa shape index (κ2) is 11.1. The van der Waals surface area contributed by atoms with E-state index in [0.29, 0.717) is 0 Å². The Labute approximate surface area is 110 Å². The van der Waals surface area contributed by atoms with Crippen molar-refractivity contribution in [3.63, 3.8) is 0 Å². The van der Waals surface area contributed by atoms with Crippen molar-refractivity contribution in [2.24, 2.45) is 11.8 Å². The first-order valence-corrected chi connectivity index (χ1v) is 7.78. The Morgan fingerprint density at radius 1 is 0.706 bits per heavy atom. The van der Waals surface area contributed by atoms with Gasteiger partial charge in [0.25, 0.3) is 0 Å². The van der Waals surface area contributed by atoms with Crippen LogP contribution in [0.5, 0.6) is 0 Å². The standard InChI is InChI=1S/C16H35N/c1-6-7-8-9-12-17(13-10-15(2)3)14-11-16(4)5/h15-16H,6-14H2,1-5H3. The number of hydrogen-bond acceptors (Lipinski definition) is 1. The van der Waals surface area contributed by atoms with Crippen molar-refractivity contribution in [1.82, 2.24) is 4.90 Å². The van der Waals surface area contributed by atoms with Gasteiger partial charge in [-0.3, -0.25) is 0 Å². The van der Waals surface area contributed by atoms with Gasteiger partial charge in [-0.25, -0.2) is 0 Å². The summed E-state index contributed by atoms with van der Waals surface area (Å²) in [6.45, 7) is 15.5. The number of nitrogens with zero attached hydrogens (tertiary/aromatic N) is 1. The molecule has 0 heterocycles. The Hall–Kier alpha value is -0.0400. The minimum absolute atomic E-state index is 0.840. The fourth-order valence-electron chi connectivity index (χ4n) is 1.98. The van der Waals surface area contributed by atoms with Crippen molar-refractivity contribution in [2.45, 2.75) is 73.1 Å². The van der Waals surface area contributed by atoms with Crippen LogP contribution in [0.25, 0.3) is 0 Å². The largest absolute Gasteiger partial charge is 0.303 e. The van der Waals surface area contributed by atoms with Gasteiger partial charge in [-0.1, -0.05) is 53.9 Å². The fraction of sp³-hybridized carbons (Fsp3) is 1.00. The van der Waals surface area contributed by atoms with Crippen LogP contribution in [0.1, 0.15) is 73.1 Å². The van der Waals surface area contributed by atoms with Gasteiger partial charge in [-0.2, -0.15) is 0 Å². The Morgan fingerprint density at radius 2 is 1.24 bits per heavy atom. The van der Waals surface area contributed by atoms with E-state index in [1.807, 2.05) is 0 Å². The maximum atomic E-state index is 2.69. The average molecular weight is 241 g/mol. The molecule has 0 atom stereocenters. The normalized spacial score (nSPS) is 12.0. The zero-order valence-corrected chi connectivity index (χ0v) is 13.0. The van der Waals surface area contributed by atoms with E-state index >= 15 is 0 Å². The van der Waals surface area contributed by atoms with Crippen molar-refractivity contribution in [3.05, 3.63) is 0 Å². The second-order valence-corrected chi connectivity index (χ2v) is 6.27. The molecule has 0 bridgehead atoms. The van der Waals surface area contributed by atoms with E-state index in [1.54, 1.807) is 0 Å². The summed E-state index contributed by atoms with van der Waals surface area (Å²) in [5, 5.41) is 0. The van der Waals surface area contributed by atoms with Gasteiger partial charge in [-0.15, -0.1) is 0 Å². The molecule has 0 aliphatic rings. The molecule has 0 amide bonds. The van der Waals surface area contributed by atoms with E-state index in [0.717, 1.165) is 11.8 Å². The Morgan fingerprint density at radius 3 is 1.65 bits per heavy atom. The molecule has 0 aromatic rings. The lowest BCUT2D eigenvalue weighted by Gasteiger charge is -2.24. The van der Waals surface area contributed by atoms with Gasteiger partial charge in [0, 0.05) is 0 Å². The summed E-state index contributed by atoms with van der Waals surface area (Å²) < 4.78 is 0. The molecule has 0 saturated carbocycles. The minimum Gasteiger partial charge on any atom is -0.303 e. The monoisotopic (exact) mass is 241 g/mol. The summed E-state index contributed by atoms with van der Waals surface area (Å²) in [6, 6.07) is 0. The molecule has 0 aliphatic heterocycles. The molecule has 0 spiro atoms. The molecule has 1 heteroatoms. The molecule has 17 heavy (non-hydrogen) atoms. The lowest BCUT2D eigenvalue weighted by molar-refractivity contribution is 0.238. The van der Waals surface area contributed by atoms with Gasteiger partial charge >= 0.3 is 0 Å². The van der Waals surface area contributed by atoms with Crippen molar-refractivity contribution in [1.29, 1.82) is 0 Å². The molecule has 0 aliphatic carbocycles. The first-order valence-electron chi connectivity index (χ1n) is 7.78. The molecule has 0 N–H and O–H groups in total. The second-order valence-electron chi connectivity index (χ2n) is 6.27. The molecule has 104 valence electrons. The summed E-state index contributed by atoms with van der Waals surface area (Å²) in [7, 11) is 0. The van der Waals surface area contributed by atoms with Crippen LogP contribution in [0.4, 0.5) is 0 Å². The molecule has 1 nitrogen and oxygen atoms in total. The lowest BCUT2D eigenvalue weighted by atomic mass is 10.1. The van der Waals surface area contributed by atoms with Crippen molar-refractivity contribution < 1.29 is 0 Å². The molecule has 0 unspecified atom stereocenters. The highest BCUT2D eigenvalue weighted by atomic mass is 15.1. The van der Waals surface area contributed by atoms with Crippen LogP contribution in [-0.4, -0.2) is 24.5 Å². The third kappa shape index (κ3) is 12.2. The summed E-state index contributed by atoms with van der Waals surface area (Å²) in [5.74, 6) is 1.68. The number of unbranched alkanes of at least 4 members (excludes halogenated alkanes) is 3. The predicted molar refractivity (Wildman–Crippen MR) is 79.5 cm³/mol. The van der Waals surface area contributed by atoms with E-state index in [4.69, 9.17) is 0 Å². The highest BCUT2D eigenvalue weighted by molar-refractivity contribution is 4.61. The Kier molecular flexibility index (Phi) is 11.0. The van der Waals surface area contributed by atoms with Crippen molar-refractivity contribution in [3.8, 4) is 0 Å². The van der Waals surface area contributed by atoms with Crippen LogP contribution >= 0.6 is 0 Å². The van der Waals surface area contributed by atoms with Crippen molar-refractivity contribution in [2.75, 3.05) is 19.6 Å². The topological polar surface area (TPSA) is 3.24 Å². The molecule has 0 aromatic heterocycles. The third-order valence-corrected chi connectivity index (χ3v) is 3.37. The van der Waals surface area contributed by atoms with Gasteiger partial charge in [0.2, 0.25) is 0 Å². The van der Waals surface area contributed by atoms with Gasteiger partial charge < -0.3 is 4.90 Å². The van der Waals surface area contributed by atoms with Crippen LogP contribution in [-0.2, 0) is 0 Å². The maximum absolute atomic E-state index is 2.69. The van der Waals surface area contributed by atoms with Crippen LogP contribution in [0.15, 0.2) is 0 Å². The maximum Gasteiger partial charge on any atom is -0.00163 e. The molecule has 0 rings (SSSR count). The predicted octanol–water partition coefficient (Wildman–Crippen LogP) is 4.96. The molecular formula is C16H35N. The first kappa shape index (κ1) is 17.0. The summed E-state index contributed by atoms with van der Waals surface area (Å²) in [4.78, 5) is 2.69. The number of rotatable bonds is 11.